The van der Waals surface area contributed by atoms with E-state index in [0.717, 1.165) is 30.1 Å². The fourth-order valence-corrected chi connectivity index (χ4v) is 3.12. The van der Waals surface area contributed by atoms with Crippen LogP contribution in [0.2, 0.25) is 0 Å². The summed E-state index contributed by atoms with van der Waals surface area (Å²) in [5.74, 6) is -1.73. The second-order valence-electron chi connectivity index (χ2n) is 5.62. The van der Waals surface area contributed by atoms with Gasteiger partial charge >= 0.3 is 12.1 Å². The molecule has 0 spiro atoms. The Kier molecular flexibility index (Phi) is 3.99. The third-order valence-corrected chi connectivity index (χ3v) is 4.27. The minimum Gasteiger partial charge on any atom is -0.368 e. The zero-order valence-corrected chi connectivity index (χ0v) is 12.1. The van der Waals surface area contributed by atoms with Crippen molar-refractivity contribution in [1.29, 1.82) is 0 Å². The lowest BCUT2D eigenvalue weighted by atomic mass is 9.98. The second-order valence-corrected chi connectivity index (χ2v) is 5.62. The largest absolute Gasteiger partial charge is 0.471 e. The number of hydrogen-bond acceptors (Lipinski definition) is 3. The summed E-state index contributed by atoms with van der Waals surface area (Å²) in [7, 11) is 0. The van der Waals surface area contributed by atoms with Gasteiger partial charge in [-0.05, 0) is 30.2 Å². The van der Waals surface area contributed by atoms with Crippen molar-refractivity contribution in [3.63, 3.8) is 0 Å². The predicted octanol–water partition coefficient (Wildman–Crippen LogP) is 1.54. The molecule has 0 radical (unpaired) electrons. The summed E-state index contributed by atoms with van der Waals surface area (Å²) in [5.41, 5.74) is 3.60. The SMILES string of the molecule is O=C(N1CCN(c2cccc3c2CNCC3)CC1)C(F)(F)F. The molecule has 0 aliphatic carbocycles. The van der Waals surface area contributed by atoms with Gasteiger partial charge in [0.1, 0.15) is 0 Å². The molecule has 22 heavy (non-hydrogen) atoms. The number of halogens is 3. The summed E-state index contributed by atoms with van der Waals surface area (Å²) < 4.78 is 37.4. The molecule has 3 rings (SSSR count). The molecule has 0 saturated carbocycles. The van der Waals surface area contributed by atoms with Crippen LogP contribution >= 0.6 is 0 Å². The molecule has 1 aromatic carbocycles. The first-order chi connectivity index (χ1) is 10.5. The van der Waals surface area contributed by atoms with Crippen molar-refractivity contribution in [2.24, 2.45) is 0 Å². The van der Waals surface area contributed by atoms with E-state index >= 15 is 0 Å². The van der Waals surface area contributed by atoms with E-state index in [1.165, 1.54) is 11.1 Å². The number of amides is 1. The molecule has 120 valence electrons. The Morgan fingerprint density at radius 3 is 2.55 bits per heavy atom. The van der Waals surface area contributed by atoms with Gasteiger partial charge in [0.15, 0.2) is 0 Å². The Morgan fingerprint density at radius 1 is 1.14 bits per heavy atom. The molecule has 1 fully saturated rings. The summed E-state index contributed by atoms with van der Waals surface area (Å²) in [5, 5.41) is 3.33. The second kappa shape index (κ2) is 5.79. The molecule has 7 heteroatoms. The molecule has 0 atom stereocenters. The first kappa shape index (κ1) is 15.1. The minimum atomic E-state index is -4.78. The van der Waals surface area contributed by atoms with Crippen molar-refractivity contribution in [2.75, 3.05) is 37.6 Å². The number of piperazine rings is 1. The number of carbonyl (C=O) groups is 1. The average Bonchev–Trinajstić information content (AvgIpc) is 2.53. The van der Waals surface area contributed by atoms with E-state index < -0.39 is 12.1 Å². The molecule has 0 aromatic heterocycles. The Hall–Kier alpha value is -1.76. The maximum Gasteiger partial charge on any atom is 0.471 e. The van der Waals surface area contributed by atoms with Gasteiger partial charge < -0.3 is 15.1 Å². The maximum atomic E-state index is 12.5. The summed E-state index contributed by atoms with van der Waals surface area (Å²) in [4.78, 5) is 14.2. The highest BCUT2D eigenvalue weighted by Crippen LogP contribution is 2.28. The van der Waals surface area contributed by atoms with Gasteiger partial charge in [-0.2, -0.15) is 13.2 Å². The molecular weight excluding hydrogens is 295 g/mol. The minimum absolute atomic E-state index is 0.107. The molecule has 4 nitrogen and oxygen atoms in total. The van der Waals surface area contributed by atoms with E-state index in [1.54, 1.807) is 0 Å². The molecule has 1 saturated heterocycles. The van der Waals surface area contributed by atoms with E-state index in [0.29, 0.717) is 13.1 Å². The summed E-state index contributed by atoms with van der Waals surface area (Å²) >= 11 is 0. The Morgan fingerprint density at radius 2 is 1.86 bits per heavy atom. The third kappa shape index (κ3) is 2.90. The van der Waals surface area contributed by atoms with Crippen LogP contribution in [-0.2, 0) is 17.8 Å². The van der Waals surface area contributed by atoms with Crippen molar-refractivity contribution < 1.29 is 18.0 Å². The fourth-order valence-electron chi connectivity index (χ4n) is 3.12. The first-order valence-corrected chi connectivity index (χ1v) is 7.39. The molecule has 1 amide bonds. The Labute approximate surface area is 126 Å². The summed E-state index contributed by atoms with van der Waals surface area (Å²) in [6.07, 6.45) is -3.81. The number of rotatable bonds is 1. The summed E-state index contributed by atoms with van der Waals surface area (Å²) in [6.45, 7) is 2.80. The van der Waals surface area contributed by atoms with Gasteiger partial charge in [0.05, 0.1) is 0 Å². The molecule has 2 heterocycles. The molecule has 1 N–H and O–H groups in total. The summed E-state index contributed by atoms with van der Waals surface area (Å²) in [6, 6.07) is 6.10. The average molecular weight is 313 g/mol. The maximum absolute atomic E-state index is 12.5. The number of fused-ring (bicyclic) bond motifs is 1. The molecule has 0 bridgehead atoms. The number of nitrogens with one attached hydrogen (secondary N) is 1. The molecule has 2 aliphatic rings. The smallest absolute Gasteiger partial charge is 0.368 e. The number of hydrogen-bond donors (Lipinski definition) is 1. The van der Waals surface area contributed by atoms with Gasteiger partial charge in [0, 0.05) is 38.4 Å². The van der Waals surface area contributed by atoms with Crippen LogP contribution in [0.15, 0.2) is 18.2 Å². The van der Waals surface area contributed by atoms with Crippen LogP contribution in [0.5, 0.6) is 0 Å². The van der Waals surface area contributed by atoms with Crippen LogP contribution in [0.25, 0.3) is 0 Å². The van der Waals surface area contributed by atoms with Crippen molar-refractivity contribution >= 4 is 11.6 Å². The van der Waals surface area contributed by atoms with E-state index in [9.17, 15) is 18.0 Å². The standard InChI is InChI=1S/C15H18F3N3O/c16-15(17,18)14(22)21-8-6-20(7-9-21)13-3-1-2-11-4-5-19-10-12(11)13/h1-3,19H,4-10H2. The quantitative estimate of drug-likeness (QED) is 0.854. The Balaban J connectivity index is 1.71. The molecule has 0 unspecified atom stereocenters. The number of benzene rings is 1. The lowest BCUT2D eigenvalue weighted by Gasteiger charge is -2.38. The van der Waals surface area contributed by atoms with Gasteiger partial charge in [-0.15, -0.1) is 0 Å². The lowest BCUT2D eigenvalue weighted by Crippen LogP contribution is -2.52. The van der Waals surface area contributed by atoms with Crippen LogP contribution < -0.4 is 10.2 Å². The highest BCUT2D eigenvalue weighted by molar-refractivity contribution is 5.82. The van der Waals surface area contributed by atoms with E-state index in [2.05, 4.69) is 16.3 Å². The molecular formula is C15H18F3N3O. The highest BCUT2D eigenvalue weighted by Gasteiger charge is 2.43. The zero-order valence-electron chi connectivity index (χ0n) is 12.1. The number of nitrogens with zero attached hydrogens (tertiary/aromatic N) is 2. The predicted molar refractivity (Wildman–Crippen MR) is 76.7 cm³/mol. The zero-order chi connectivity index (χ0) is 15.7. The monoisotopic (exact) mass is 313 g/mol. The topological polar surface area (TPSA) is 35.6 Å². The van der Waals surface area contributed by atoms with Crippen LogP contribution in [0.1, 0.15) is 11.1 Å². The van der Waals surface area contributed by atoms with E-state index in [4.69, 9.17) is 0 Å². The molecule has 1 aromatic rings. The van der Waals surface area contributed by atoms with Crippen LogP contribution in [0.4, 0.5) is 18.9 Å². The number of alkyl halides is 3. The Bertz CT molecular complexity index is 566. The number of anilines is 1. The third-order valence-electron chi connectivity index (χ3n) is 4.27. The normalized spacial score (nSPS) is 19.0. The first-order valence-electron chi connectivity index (χ1n) is 7.39. The van der Waals surface area contributed by atoms with Crippen molar-refractivity contribution in [3.05, 3.63) is 29.3 Å². The van der Waals surface area contributed by atoms with Gasteiger partial charge in [0.25, 0.3) is 0 Å². The van der Waals surface area contributed by atoms with Gasteiger partial charge in [-0.1, -0.05) is 12.1 Å². The van der Waals surface area contributed by atoms with Gasteiger partial charge in [0.2, 0.25) is 0 Å². The van der Waals surface area contributed by atoms with Crippen LogP contribution in [0.3, 0.4) is 0 Å². The fraction of sp³-hybridized carbons (Fsp3) is 0.533. The van der Waals surface area contributed by atoms with Crippen LogP contribution in [-0.4, -0.2) is 49.7 Å². The van der Waals surface area contributed by atoms with Gasteiger partial charge in [-0.25, -0.2) is 0 Å². The van der Waals surface area contributed by atoms with Crippen molar-refractivity contribution in [1.82, 2.24) is 10.2 Å². The number of carbonyl (C=O) groups excluding carboxylic acids is 1. The lowest BCUT2D eigenvalue weighted by molar-refractivity contribution is -0.185. The van der Waals surface area contributed by atoms with E-state index in [1.807, 2.05) is 12.1 Å². The van der Waals surface area contributed by atoms with Crippen LogP contribution in [0, 0.1) is 0 Å². The van der Waals surface area contributed by atoms with Crippen molar-refractivity contribution in [3.8, 4) is 0 Å². The van der Waals surface area contributed by atoms with Crippen molar-refractivity contribution in [2.45, 2.75) is 19.1 Å². The van der Waals surface area contributed by atoms with E-state index in [-0.39, 0.29) is 13.1 Å². The van der Waals surface area contributed by atoms with Gasteiger partial charge in [-0.3, -0.25) is 4.79 Å². The molecule has 2 aliphatic heterocycles. The highest BCUT2D eigenvalue weighted by atomic mass is 19.4.